The molecule has 0 aliphatic heterocycles. The Kier molecular flexibility index (Phi) is 4.63. The molecule has 0 saturated carbocycles. The lowest BCUT2D eigenvalue weighted by molar-refractivity contribution is -0.129. The average Bonchev–Trinajstić information content (AvgIpc) is 1.97. The van der Waals surface area contributed by atoms with Crippen molar-refractivity contribution in [2.45, 2.75) is 33.1 Å². The van der Waals surface area contributed by atoms with Crippen LogP contribution in [0.3, 0.4) is 0 Å². The van der Waals surface area contributed by atoms with Crippen molar-refractivity contribution in [2.75, 3.05) is 6.26 Å². The minimum atomic E-state index is -0.328. The molecule has 1 unspecified atom stereocenters. The number of hydrogen-bond donors (Lipinski definition) is 2. The van der Waals surface area contributed by atoms with E-state index >= 15 is 0 Å². The van der Waals surface area contributed by atoms with E-state index in [1.165, 1.54) is 0 Å². The van der Waals surface area contributed by atoms with Gasteiger partial charge in [-0.15, -0.1) is 11.8 Å². The van der Waals surface area contributed by atoms with Crippen LogP contribution in [-0.4, -0.2) is 17.5 Å². The molecule has 0 aliphatic rings. The molecular formula is C8H18N2OS. The highest BCUT2D eigenvalue weighted by Gasteiger charge is 2.20. The van der Waals surface area contributed by atoms with Crippen LogP contribution in [0.4, 0.5) is 0 Å². The Morgan fingerprint density at radius 3 is 2.25 bits per heavy atom. The Morgan fingerprint density at radius 2 is 1.92 bits per heavy atom. The molecule has 0 saturated heterocycles. The number of hydrazine groups is 1. The molecule has 1 amide bonds. The summed E-state index contributed by atoms with van der Waals surface area (Å²) in [5.41, 5.74) is 5.24. The van der Waals surface area contributed by atoms with Crippen molar-refractivity contribution in [3.8, 4) is 0 Å². The maximum Gasteiger partial charge on any atom is 0.239 e. The molecule has 0 radical (unpaired) electrons. The van der Waals surface area contributed by atoms with Gasteiger partial charge in [0, 0.05) is 5.41 Å². The van der Waals surface area contributed by atoms with Crippen LogP contribution < -0.4 is 10.9 Å². The molecule has 72 valence electrons. The lowest BCUT2D eigenvalue weighted by atomic mass is 9.96. The molecule has 0 bridgehead atoms. The van der Waals surface area contributed by atoms with Gasteiger partial charge >= 0.3 is 0 Å². The van der Waals surface area contributed by atoms with Gasteiger partial charge < -0.3 is 0 Å². The fourth-order valence-electron chi connectivity index (χ4n) is 0.414. The van der Waals surface area contributed by atoms with Gasteiger partial charge in [0.25, 0.3) is 0 Å². The zero-order valence-electron chi connectivity index (χ0n) is 8.39. The third-order valence-electron chi connectivity index (χ3n) is 1.42. The Bertz CT molecular complexity index is 154. The van der Waals surface area contributed by atoms with E-state index in [2.05, 4.69) is 10.9 Å². The second-order valence-electron chi connectivity index (χ2n) is 3.73. The highest BCUT2D eigenvalue weighted by Crippen LogP contribution is 2.11. The first-order valence-corrected chi connectivity index (χ1v) is 5.25. The van der Waals surface area contributed by atoms with Crippen LogP contribution in [0.25, 0.3) is 0 Å². The second-order valence-corrected chi connectivity index (χ2v) is 4.90. The van der Waals surface area contributed by atoms with Crippen LogP contribution in [0.2, 0.25) is 0 Å². The highest BCUT2D eigenvalue weighted by molar-refractivity contribution is 7.99. The smallest absolute Gasteiger partial charge is 0.239 e. The van der Waals surface area contributed by atoms with Crippen molar-refractivity contribution in [2.24, 2.45) is 5.41 Å². The number of carbonyl (C=O) groups is 1. The van der Waals surface area contributed by atoms with Crippen molar-refractivity contribution in [1.29, 1.82) is 0 Å². The summed E-state index contributed by atoms with van der Waals surface area (Å²) in [7, 11) is 0. The fourth-order valence-corrected chi connectivity index (χ4v) is 0.590. The van der Waals surface area contributed by atoms with Crippen LogP contribution >= 0.6 is 11.8 Å². The number of nitrogens with one attached hydrogen (secondary N) is 2. The van der Waals surface area contributed by atoms with Crippen molar-refractivity contribution in [3.63, 3.8) is 0 Å². The van der Waals surface area contributed by atoms with Gasteiger partial charge in [-0.25, -0.2) is 5.43 Å². The largest absolute Gasteiger partial charge is 0.290 e. The highest BCUT2D eigenvalue weighted by atomic mass is 32.2. The Morgan fingerprint density at radius 1 is 1.42 bits per heavy atom. The molecule has 0 aliphatic carbocycles. The van der Waals surface area contributed by atoms with Crippen molar-refractivity contribution in [3.05, 3.63) is 0 Å². The summed E-state index contributed by atoms with van der Waals surface area (Å²) < 4.78 is 0. The maximum atomic E-state index is 11.3. The third-order valence-corrected chi connectivity index (χ3v) is 2.25. The molecule has 0 aromatic heterocycles. The number of thioether (sulfide) groups is 1. The topological polar surface area (TPSA) is 41.1 Å². The number of hydrogen-bond acceptors (Lipinski definition) is 3. The molecule has 0 spiro atoms. The fraction of sp³-hybridized carbons (Fsp3) is 0.875. The van der Waals surface area contributed by atoms with Gasteiger partial charge in [-0.3, -0.25) is 10.2 Å². The molecule has 4 heteroatoms. The van der Waals surface area contributed by atoms with Gasteiger partial charge in [-0.05, 0) is 13.2 Å². The number of carbonyl (C=O) groups excluding carboxylic acids is 1. The molecule has 12 heavy (non-hydrogen) atoms. The molecule has 0 rings (SSSR count). The summed E-state index contributed by atoms with van der Waals surface area (Å²) in [4.78, 5) is 11.3. The Labute approximate surface area is 78.6 Å². The SMILES string of the molecule is CSC(C)NNC(=O)C(C)(C)C. The lowest BCUT2D eigenvalue weighted by Gasteiger charge is -2.20. The third kappa shape index (κ3) is 4.62. The van der Waals surface area contributed by atoms with Crippen molar-refractivity contribution >= 4 is 17.7 Å². The Hall–Kier alpha value is -0.220. The first-order valence-electron chi connectivity index (χ1n) is 3.96. The van der Waals surface area contributed by atoms with E-state index in [9.17, 15) is 4.79 Å². The van der Waals surface area contributed by atoms with E-state index in [4.69, 9.17) is 0 Å². The van der Waals surface area contributed by atoms with E-state index in [1.54, 1.807) is 11.8 Å². The van der Waals surface area contributed by atoms with Crippen LogP contribution in [0.5, 0.6) is 0 Å². The van der Waals surface area contributed by atoms with Crippen LogP contribution in [0.15, 0.2) is 0 Å². The number of amides is 1. The van der Waals surface area contributed by atoms with Gasteiger partial charge in [-0.2, -0.15) is 0 Å². The van der Waals surface area contributed by atoms with E-state index in [1.807, 2.05) is 34.0 Å². The Balaban J connectivity index is 3.73. The van der Waals surface area contributed by atoms with E-state index in [-0.39, 0.29) is 16.7 Å². The summed E-state index contributed by atoms with van der Waals surface area (Å²) in [6.07, 6.45) is 1.99. The van der Waals surface area contributed by atoms with Crippen LogP contribution in [0, 0.1) is 5.41 Å². The molecule has 0 aromatic rings. The normalized spacial score (nSPS) is 14.1. The molecule has 0 heterocycles. The first-order chi connectivity index (χ1) is 5.38. The summed E-state index contributed by atoms with van der Waals surface area (Å²) in [5, 5.41) is 0.247. The van der Waals surface area contributed by atoms with Gasteiger partial charge in [0.1, 0.15) is 0 Å². The monoisotopic (exact) mass is 190 g/mol. The quantitative estimate of drug-likeness (QED) is 0.521. The molecule has 0 fully saturated rings. The maximum absolute atomic E-state index is 11.3. The molecule has 2 N–H and O–H groups in total. The molecule has 3 nitrogen and oxygen atoms in total. The second kappa shape index (κ2) is 4.72. The van der Waals surface area contributed by atoms with Crippen LogP contribution in [0.1, 0.15) is 27.7 Å². The zero-order chi connectivity index (χ0) is 9.78. The van der Waals surface area contributed by atoms with Gasteiger partial charge in [0.2, 0.25) is 5.91 Å². The molecular weight excluding hydrogens is 172 g/mol. The summed E-state index contributed by atoms with van der Waals surface area (Å²) >= 11 is 1.65. The van der Waals surface area contributed by atoms with Gasteiger partial charge in [-0.1, -0.05) is 20.8 Å². The summed E-state index contributed by atoms with van der Waals surface area (Å²) in [5.74, 6) is 0.0170. The van der Waals surface area contributed by atoms with Crippen molar-refractivity contribution < 1.29 is 4.79 Å². The predicted molar refractivity (Wildman–Crippen MR) is 53.7 cm³/mol. The standard InChI is InChI=1S/C8H18N2OS/c1-6(12-5)9-10-7(11)8(2,3)4/h6,9H,1-5H3,(H,10,11). The van der Waals surface area contributed by atoms with E-state index in [0.29, 0.717) is 0 Å². The summed E-state index contributed by atoms with van der Waals surface area (Å²) in [6, 6.07) is 0. The van der Waals surface area contributed by atoms with Gasteiger partial charge in [0.05, 0.1) is 5.37 Å². The summed E-state index contributed by atoms with van der Waals surface area (Å²) in [6.45, 7) is 7.64. The zero-order valence-corrected chi connectivity index (χ0v) is 9.21. The molecule has 0 aromatic carbocycles. The molecule has 1 atom stereocenters. The van der Waals surface area contributed by atoms with Crippen LogP contribution in [-0.2, 0) is 4.79 Å². The van der Waals surface area contributed by atoms with E-state index in [0.717, 1.165) is 0 Å². The average molecular weight is 190 g/mol. The number of rotatable bonds is 3. The minimum Gasteiger partial charge on any atom is -0.290 e. The minimum absolute atomic E-state index is 0.0170. The predicted octanol–water partition coefficient (Wildman–Crippen LogP) is 1.36. The van der Waals surface area contributed by atoms with E-state index < -0.39 is 0 Å². The van der Waals surface area contributed by atoms with Gasteiger partial charge in [0.15, 0.2) is 0 Å². The first kappa shape index (κ1) is 11.8. The van der Waals surface area contributed by atoms with Crippen molar-refractivity contribution in [1.82, 2.24) is 10.9 Å². The lowest BCUT2D eigenvalue weighted by Crippen LogP contribution is -2.46.